The Bertz CT molecular complexity index is 1460. The molecular weight excluding hydrogens is 614 g/mol. The number of alkyl halides is 3. The van der Waals surface area contributed by atoms with Crippen LogP contribution < -0.4 is 10.1 Å². The summed E-state index contributed by atoms with van der Waals surface area (Å²) in [5.41, 5.74) is 3.47. The third-order valence-corrected chi connectivity index (χ3v) is 8.37. The molecule has 11 heteroatoms. The number of carbonyl (C=O) groups is 1. The Balaban J connectivity index is 1.35. The van der Waals surface area contributed by atoms with Crippen molar-refractivity contribution in [3.05, 3.63) is 93.4 Å². The molecule has 1 heterocycles. The molecule has 42 heavy (non-hydrogen) atoms. The molecule has 1 saturated heterocycles. The summed E-state index contributed by atoms with van der Waals surface area (Å²) >= 11 is 3.19. The standard InChI is InChI=1S/C31H30BBrF3NO5/c1-29(2)30(3,4)42-32(41-29)20(15-19-13-14-21(33)16-27(19)40-31(34,35)36)17-37-28(38)39-18-26-24-11-7-5-9-22(24)23-10-6-8-12-25(23)26/h5-16,26H,17-18H2,1-4H3,(H,37,38). The van der Waals surface area contributed by atoms with Crippen LogP contribution in [0.5, 0.6) is 5.75 Å². The van der Waals surface area contributed by atoms with Gasteiger partial charge in [0.05, 0.1) is 11.2 Å². The Kier molecular flexibility index (Phi) is 8.22. The van der Waals surface area contributed by atoms with E-state index < -0.39 is 36.5 Å². The number of hydrogen-bond donors (Lipinski definition) is 1. The first-order chi connectivity index (χ1) is 19.7. The highest BCUT2D eigenvalue weighted by atomic mass is 79.9. The molecule has 6 nitrogen and oxygen atoms in total. The molecule has 220 valence electrons. The lowest BCUT2D eigenvalue weighted by Gasteiger charge is -2.32. The molecule has 1 fully saturated rings. The Morgan fingerprint density at radius 3 is 2.12 bits per heavy atom. The van der Waals surface area contributed by atoms with Crippen LogP contribution in [0.15, 0.2) is 76.7 Å². The molecule has 0 bridgehead atoms. The number of halogens is 4. The number of nitrogens with one attached hydrogen (secondary N) is 1. The number of rotatable bonds is 7. The van der Waals surface area contributed by atoms with Crippen LogP contribution in [0.25, 0.3) is 17.2 Å². The lowest BCUT2D eigenvalue weighted by molar-refractivity contribution is -0.274. The zero-order valence-corrected chi connectivity index (χ0v) is 25.1. The fraction of sp³-hybridized carbons (Fsp3) is 0.323. The zero-order chi connectivity index (χ0) is 30.3. The van der Waals surface area contributed by atoms with Crippen molar-refractivity contribution in [1.29, 1.82) is 0 Å². The molecular formula is C31H30BBrF3NO5. The Hall–Kier alpha value is -3.28. The number of hydrogen-bond acceptors (Lipinski definition) is 5. The molecule has 1 aliphatic carbocycles. The van der Waals surface area contributed by atoms with Gasteiger partial charge in [-0.05, 0) is 67.6 Å². The fourth-order valence-corrected chi connectivity index (χ4v) is 5.40. The zero-order valence-electron chi connectivity index (χ0n) is 23.6. The van der Waals surface area contributed by atoms with Crippen LogP contribution in [0.1, 0.15) is 50.3 Å². The lowest BCUT2D eigenvalue weighted by atomic mass is 9.77. The van der Waals surface area contributed by atoms with Gasteiger partial charge in [0.1, 0.15) is 12.4 Å². The summed E-state index contributed by atoms with van der Waals surface area (Å²) in [7, 11) is -0.939. The average molecular weight is 644 g/mol. The number of alkyl carbamates (subject to hydrolysis) is 1. The minimum Gasteiger partial charge on any atom is -0.449 e. The fourth-order valence-electron chi connectivity index (χ4n) is 5.06. The molecule has 0 unspecified atom stereocenters. The summed E-state index contributed by atoms with van der Waals surface area (Å²) in [5.74, 6) is -0.530. The van der Waals surface area contributed by atoms with Gasteiger partial charge in [-0.3, -0.25) is 0 Å². The third-order valence-electron chi connectivity index (χ3n) is 7.88. The van der Waals surface area contributed by atoms with E-state index in [1.54, 1.807) is 6.07 Å². The molecule has 1 N–H and O–H groups in total. The number of ether oxygens (including phenoxy) is 2. The van der Waals surface area contributed by atoms with Crippen molar-refractivity contribution in [2.45, 2.75) is 51.2 Å². The summed E-state index contributed by atoms with van der Waals surface area (Å²) in [6, 6.07) is 20.3. The molecule has 0 radical (unpaired) electrons. The van der Waals surface area contributed by atoms with Gasteiger partial charge >= 0.3 is 19.6 Å². The molecule has 1 amide bonds. The summed E-state index contributed by atoms with van der Waals surface area (Å²) in [4.78, 5) is 12.9. The Labute approximate surface area is 251 Å². The summed E-state index contributed by atoms with van der Waals surface area (Å²) in [6.45, 7) is 7.46. The summed E-state index contributed by atoms with van der Waals surface area (Å²) in [5, 5.41) is 2.72. The first-order valence-electron chi connectivity index (χ1n) is 13.4. The second-order valence-electron chi connectivity index (χ2n) is 11.2. The Morgan fingerprint density at radius 2 is 1.55 bits per heavy atom. The monoisotopic (exact) mass is 643 g/mol. The van der Waals surface area contributed by atoms with Gasteiger partial charge in [-0.2, -0.15) is 0 Å². The van der Waals surface area contributed by atoms with Crippen LogP contribution in [0.3, 0.4) is 0 Å². The van der Waals surface area contributed by atoms with E-state index in [2.05, 4.69) is 38.1 Å². The van der Waals surface area contributed by atoms with Gasteiger partial charge in [0, 0.05) is 22.5 Å². The molecule has 1 aliphatic heterocycles. The smallest absolute Gasteiger partial charge is 0.449 e. The summed E-state index contributed by atoms with van der Waals surface area (Å²) < 4.78 is 62.1. The predicted octanol–water partition coefficient (Wildman–Crippen LogP) is 7.90. The van der Waals surface area contributed by atoms with Crippen molar-refractivity contribution in [2.75, 3.05) is 13.2 Å². The first kappa shape index (κ1) is 30.2. The highest BCUT2D eigenvalue weighted by molar-refractivity contribution is 9.10. The van der Waals surface area contributed by atoms with Crippen LogP contribution >= 0.6 is 15.9 Å². The van der Waals surface area contributed by atoms with Crippen molar-refractivity contribution in [1.82, 2.24) is 5.32 Å². The van der Waals surface area contributed by atoms with Gasteiger partial charge in [0.25, 0.3) is 0 Å². The maximum atomic E-state index is 13.2. The topological polar surface area (TPSA) is 66.0 Å². The largest absolute Gasteiger partial charge is 0.573 e. The van der Waals surface area contributed by atoms with Gasteiger partial charge in [0.2, 0.25) is 0 Å². The summed E-state index contributed by atoms with van der Waals surface area (Å²) in [6.07, 6.45) is -4.10. The minimum absolute atomic E-state index is 0.102. The molecule has 2 aliphatic rings. The second-order valence-corrected chi connectivity index (χ2v) is 12.1. The van der Waals surface area contributed by atoms with Crippen molar-refractivity contribution >= 4 is 35.2 Å². The van der Waals surface area contributed by atoms with Crippen LogP contribution in [-0.2, 0) is 14.0 Å². The van der Waals surface area contributed by atoms with Crippen molar-refractivity contribution in [2.24, 2.45) is 0 Å². The highest BCUT2D eigenvalue weighted by Gasteiger charge is 2.52. The van der Waals surface area contributed by atoms with Crippen LogP contribution in [-0.4, -0.2) is 43.9 Å². The number of amides is 1. The molecule has 0 saturated carbocycles. The molecule has 0 aromatic heterocycles. The van der Waals surface area contributed by atoms with E-state index in [1.807, 2.05) is 64.1 Å². The van der Waals surface area contributed by atoms with Crippen LogP contribution in [0.2, 0.25) is 0 Å². The average Bonchev–Trinajstić information content (AvgIpc) is 3.34. The quantitative estimate of drug-likeness (QED) is 0.265. The van der Waals surface area contributed by atoms with Crippen molar-refractivity contribution < 1.29 is 36.7 Å². The van der Waals surface area contributed by atoms with E-state index in [0.29, 0.717) is 9.95 Å². The molecule has 3 aromatic rings. The number of fused-ring (bicyclic) bond motifs is 3. The van der Waals surface area contributed by atoms with Crippen LogP contribution in [0, 0.1) is 0 Å². The maximum absolute atomic E-state index is 13.2. The second kappa shape index (κ2) is 11.4. The third kappa shape index (κ3) is 6.38. The van der Waals surface area contributed by atoms with Crippen molar-refractivity contribution in [3.63, 3.8) is 0 Å². The normalized spacial score (nSPS) is 17.5. The molecule has 0 atom stereocenters. The van der Waals surface area contributed by atoms with E-state index in [9.17, 15) is 18.0 Å². The van der Waals surface area contributed by atoms with Gasteiger partial charge in [0.15, 0.2) is 0 Å². The van der Waals surface area contributed by atoms with E-state index in [4.69, 9.17) is 14.0 Å². The van der Waals surface area contributed by atoms with Gasteiger partial charge in [-0.1, -0.05) is 76.6 Å². The van der Waals surface area contributed by atoms with E-state index in [0.717, 1.165) is 22.3 Å². The van der Waals surface area contributed by atoms with Crippen molar-refractivity contribution in [3.8, 4) is 16.9 Å². The SMILES string of the molecule is CC1(C)OB(C(=Cc2ccc(Br)cc2OC(F)(F)F)CNC(=O)OCC2c3ccccc3-c3ccccc32)OC1(C)C. The minimum atomic E-state index is -4.90. The predicted molar refractivity (Wildman–Crippen MR) is 158 cm³/mol. The van der Waals surface area contributed by atoms with Gasteiger partial charge in [-0.25, -0.2) is 4.79 Å². The first-order valence-corrected chi connectivity index (χ1v) is 14.2. The molecule has 5 rings (SSSR count). The highest BCUT2D eigenvalue weighted by Crippen LogP contribution is 2.44. The van der Waals surface area contributed by atoms with E-state index in [1.165, 1.54) is 18.2 Å². The number of benzene rings is 3. The maximum Gasteiger partial charge on any atom is 0.573 e. The van der Waals surface area contributed by atoms with E-state index in [-0.39, 0.29) is 24.6 Å². The Morgan fingerprint density at radius 1 is 0.976 bits per heavy atom. The lowest BCUT2D eigenvalue weighted by Crippen LogP contribution is -2.41. The molecule has 3 aromatic carbocycles. The van der Waals surface area contributed by atoms with Crippen LogP contribution in [0.4, 0.5) is 18.0 Å². The molecule has 0 spiro atoms. The van der Waals surface area contributed by atoms with Gasteiger partial charge in [-0.15, -0.1) is 13.2 Å². The van der Waals surface area contributed by atoms with Gasteiger partial charge < -0.3 is 24.1 Å². The van der Waals surface area contributed by atoms with E-state index >= 15 is 0 Å². The number of carbonyl (C=O) groups excluding carboxylic acids is 1.